The molecule has 1 aromatic rings. The second-order valence-electron chi connectivity index (χ2n) is 2.25. The van der Waals surface area contributed by atoms with Crippen LogP contribution >= 0.6 is 15.9 Å². The standard InChI is InChI=1S/C8H9BrN2O/c9-4-3-7-1-2-8(10-5-7)11-6-12/h1-2,5-6H,3-4H2,(H,10,11,12). The summed E-state index contributed by atoms with van der Waals surface area (Å²) in [6.45, 7) is 0. The molecule has 3 nitrogen and oxygen atoms in total. The molecule has 64 valence electrons. The van der Waals surface area contributed by atoms with Gasteiger partial charge in [-0.1, -0.05) is 22.0 Å². The van der Waals surface area contributed by atoms with E-state index < -0.39 is 0 Å². The van der Waals surface area contributed by atoms with E-state index >= 15 is 0 Å². The first-order chi connectivity index (χ1) is 5.86. The molecule has 0 radical (unpaired) electrons. The number of aryl methyl sites for hydroxylation is 1. The summed E-state index contributed by atoms with van der Waals surface area (Å²) in [6, 6.07) is 3.73. The summed E-state index contributed by atoms with van der Waals surface area (Å²) in [5.74, 6) is 0.586. The van der Waals surface area contributed by atoms with E-state index in [0.717, 1.165) is 17.3 Å². The molecule has 1 amide bonds. The molecule has 1 heterocycles. The highest BCUT2D eigenvalue weighted by atomic mass is 79.9. The lowest BCUT2D eigenvalue weighted by molar-refractivity contribution is -0.105. The zero-order valence-electron chi connectivity index (χ0n) is 6.46. The van der Waals surface area contributed by atoms with Crippen molar-refractivity contribution in [3.63, 3.8) is 0 Å². The van der Waals surface area contributed by atoms with Crippen molar-refractivity contribution >= 4 is 28.2 Å². The Bertz CT molecular complexity index is 248. The van der Waals surface area contributed by atoms with Crippen LogP contribution < -0.4 is 5.32 Å². The van der Waals surface area contributed by atoms with E-state index in [1.54, 1.807) is 12.3 Å². The zero-order valence-corrected chi connectivity index (χ0v) is 8.04. The fourth-order valence-corrected chi connectivity index (χ4v) is 1.29. The van der Waals surface area contributed by atoms with Gasteiger partial charge < -0.3 is 5.32 Å². The first kappa shape index (κ1) is 9.19. The van der Waals surface area contributed by atoms with E-state index in [0.29, 0.717) is 12.2 Å². The molecular formula is C8H9BrN2O. The van der Waals surface area contributed by atoms with Crippen LogP contribution in [0.3, 0.4) is 0 Å². The average molecular weight is 229 g/mol. The van der Waals surface area contributed by atoms with Crippen LogP contribution in [-0.4, -0.2) is 16.7 Å². The third kappa shape index (κ3) is 2.62. The zero-order chi connectivity index (χ0) is 8.81. The quantitative estimate of drug-likeness (QED) is 0.629. The number of rotatable bonds is 4. The summed E-state index contributed by atoms with van der Waals surface area (Å²) in [5.41, 5.74) is 1.16. The predicted molar refractivity (Wildman–Crippen MR) is 51.4 cm³/mol. The summed E-state index contributed by atoms with van der Waals surface area (Å²) in [4.78, 5) is 14.1. The summed E-state index contributed by atoms with van der Waals surface area (Å²) in [6.07, 6.45) is 3.33. The van der Waals surface area contributed by atoms with E-state index in [4.69, 9.17) is 0 Å². The highest BCUT2D eigenvalue weighted by Crippen LogP contribution is 2.05. The van der Waals surface area contributed by atoms with Gasteiger partial charge in [-0.15, -0.1) is 0 Å². The second-order valence-corrected chi connectivity index (χ2v) is 3.05. The Morgan fingerprint density at radius 2 is 2.42 bits per heavy atom. The Labute approximate surface area is 79.3 Å². The monoisotopic (exact) mass is 228 g/mol. The number of hydrogen-bond donors (Lipinski definition) is 1. The van der Waals surface area contributed by atoms with E-state index in [2.05, 4.69) is 26.2 Å². The smallest absolute Gasteiger partial charge is 0.212 e. The fraction of sp³-hybridized carbons (Fsp3) is 0.250. The molecule has 12 heavy (non-hydrogen) atoms. The highest BCUT2D eigenvalue weighted by molar-refractivity contribution is 9.09. The number of carbonyl (C=O) groups excluding carboxylic acids is 1. The van der Waals surface area contributed by atoms with Crippen molar-refractivity contribution in [1.29, 1.82) is 0 Å². The molecule has 1 rings (SSSR count). The Kier molecular flexibility index (Phi) is 3.73. The largest absolute Gasteiger partial charge is 0.313 e. The number of alkyl halides is 1. The van der Waals surface area contributed by atoms with Crippen LogP contribution in [0.5, 0.6) is 0 Å². The highest BCUT2D eigenvalue weighted by Gasteiger charge is 1.93. The lowest BCUT2D eigenvalue weighted by Gasteiger charge is -1.99. The van der Waals surface area contributed by atoms with Crippen LogP contribution in [0.25, 0.3) is 0 Å². The maximum atomic E-state index is 10.0. The molecule has 0 saturated heterocycles. The molecule has 0 aliphatic carbocycles. The van der Waals surface area contributed by atoms with Crippen molar-refractivity contribution in [3.05, 3.63) is 23.9 Å². The van der Waals surface area contributed by atoms with Crippen LogP contribution in [0, 0.1) is 0 Å². The van der Waals surface area contributed by atoms with Crippen molar-refractivity contribution < 1.29 is 4.79 Å². The van der Waals surface area contributed by atoms with Crippen molar-refractivity contribution in [2.24, 2.45) is 0 Å². The molecule has 0 spiro atoms. The number of halogens is 1. The third-order valence-corrected chi connectivity index (χ3v) is 1.81. The third-order valence-electron chi connectivity index (χ3n) is 1.41. The van der Waals surface area contributed by atoms with Gasteiger partial charge in [0, 0.05) is 11.5 Å². The van der Waals surface area contributed by atoms with Crippen molar-refractivity contribution in [2.45, 2.75) is 6.42 Å². The SMILES string of the molecule is O=CNc1ccc(CCBr)cn1. The van der Waals surface area contributed by atoms with Gasteiger partial charge in [-0.3, -0.25) is 4.79 Å². The maximum absolute atomic E-state index is 10.0. The summed E-state index contributed by atoms with van der Waals surface area (Å²) >= 11 is 3.34. The predicted octanol–water partition coefficient (Wildman–Crippen LogP) is 1.59. The van der Waals surface area contributed by atoms with E-state index in [9.17, 15) is 4.79 Å². The Morgan fingerprint density at radius 1 is 1.58 bits per heavy atom. The Hall–Kier alpha value is -0.900. The van der Waals surface area contributed by atoms with Crippen LogP contribution in [0.1, 0.15) is 5.56 Å². The molecule has 0 aliphatic heterocycles. The van der Waals surface area contributed by atoms with Gasteiger partial charge >= 0.3 is 0 Å². The Balaban J connectivity index is 2.64. The van der Waals surface area contributed by atoms with Crippen molar-refractivity contribution in [3.8, 4) is 0 Å². The van der Waals surface area contributed by atoms with Gasteiger partial charge in [0.25, 0.3) is 0 Å². The van der Waals surface area contributed by atoms with E-state index in [-0.39, 0.29) is 0 Å². The molecule has 1 aromatic heterocycles. The minimum atomic E-state index is 0.586. The Morgan fingerprint density at radius 3 is 2.92 bits per heavy atom. The topological polar surface area (TPSA) is 42.0 Å². The summed E-state index contributed by atoms with van der Waals surface area (Å²) in [7, 11) is 0. The summed E-state index contributed by atoms with van der Waals surface area (Å²) in [5, 5.41) is 3.40. The summed E-state index contributed by atoms with van der Waals surface area (Å²) < 4.78 is 0. The fourth-order valence-electron chi connectivity index (χ4n) is 0.827. The number of hydrogen-bond acceptors (Lipinski definition) is 2. The molecule has 0 aromatic carbocycles. The normalized spacial score (nSPS) is 9.42. The second kappa shape index (κ2) is 4.87. The first-order valence-corrected chi connectivity index (χ1v) is 4.70. The molecule has 1 N–H and O–H groups in total. The lowest BCUT2D eigenvalue weighted by atomic mass is 10.2. The van der Waals surface area contributed by atoms with Gasteiger partial charge in [0.15, 0.2) is 0 Å². The molecule has 0 fully saturated rings. The van der Waals surface area contributed by atoms with E-state index in [1.165, 1.54) is 0 Å². The molecule has 0 atom stereocenters. The molecule has 0 aliphatic rings. The molecule has 0 bridgehead atoms. The number of aromatic nitrogens is 1. The maximum Gasteiger partial charge on any atom is 0.212 e. The number of anilines is 1. The average Bonchev–Trinajstić information content (AvgIpc) is 2.09. The molecule has 0 unspecified atom stereocenters. The van der Waals surface area contributed by atoms with Gasteiger partial charge in [-0.2, -0.15) is 0 Å². The number of carbonyl (C=O) groups is 1. The van der Waals surface area contributed by atoms with E-state index in [1.807, 2.05) is 6.07 Å². The number of pyridine rings is 1. The van der Waals surface area contributed by atoms with Gasteiger partial charge in [0.2, 0.25) is 6.41 Å². The minimum Gasteiger partial charge on any atom is -0.313 e. The van der Waals surface area contributed by atoms with Crippen LogP contribution in [0.4, 0.5) is 5.82 Å². The lowest BCUT2D eigenvalue weighted by Crippen LogP contribution is -1.97. The number of nitrogens with one attached hydrogen (secondary N) is 1. The van der Waals surface area contributed by atoms with Gasteiger partial charge in [0.05, 0.1) is 0 Å². The minimum absolute atomic E-state index is 0.586. The van der Waals surface area contributed by atoms with Crippen molar-refractivity contribution in [1.82, 2.24) is 4.98 Å². The number of amides is 1. The van der Waals surface area contributed by atoms with Gasteiger partial charge in [0.1, 0.15) is 5.82 Å². The number of nitrogens with zero attached hydrogens (tertiary/aromatic N) is 1. The van der Waals surface area contributed by atoms with Crippen LogP contribution in [0.2, 0.25) is 0 Å². The van der Waals surface area contributed by atoms with Crippen LogP contribution in [-0.2, 0) is 11.2 Å². The van der Waals surface area contributed by atoms with Crippen LogP contribution in [0.15, 0.2) is 18.3 Å². The molecular weight excluding hydrogens is 220 g/mol. The molecule has 4 heteroatoms. The molecule has 0 saturated carbocycles. The first-order valence-electron chi connectivity index (χ1n) is 3.58. The van der Waals surface area contributed by atoms with Gasteiger partial charge in [-0.05, 0) is 18.1 Å². The van der Waals surface area contributed by atoms with Crippen molar-refractivity contribution in [2.75, 3.05) is 10.6 Å². The van der Waals surface area contributed by atoms with Gasteiger partial charge in [-0.25, -0.2) is 4.98 Å².